The van der Waals surface area contributed by atoms with E-state index in [9.17, 15) is 4.79 Å². The van der Waals surface area contributed by atoms with Crippen molar-refractivity contribution in [1.82, 2.24) is 0 Å². The first-order valence-electron chi connectivity index (χ1n) is 3.67. The van der Waals surface area contributed by atoms with E-state index in [2.05, 4.69) is 0 Å². The third-order valence-corrected chi connectivity index (χ3v) is 1.88. The molecule has 1 aliphatic carbocycles. The van der Waals surface area contributed by atoms with Crippen molar-refractivity contribution in [1.29, 1.82) is 0 Å². The Labute approximate surface area is 65.7 Å². The first kappa shape index (κ1) is 8.27. The van der Waals surface area contributed by atoms with Crippen LogP contribution < -0.4 is 0 Å². The lowest BCUT2D eigenvalue weighted by Gasteiger charge is -2.02. The SMILES string of the molecule is COCC1C=C(C(=O)O)CC1. The van der Waals surface area contributed by atoms with Gasteiger partial charge in [0.15, 0.2) is 0 Å². The highest BCUT2D eigenvalue weighted by Crippen LogP contribution is 2.23. The molecule has 1 aliphatic rings. The maximum atomic E-state index is 10.4. The predicted octanol–water partition coefficient (Wildman–Crippen LogP) is 1.05. The Morgan fingerprint density at radius 1 is 1.91 bits per heavy atom. The van der Waals surface area contributed by atoms with Crippen LogP contribution in [0.2, 0.25) is 0 Å². The Morgan fingerprint density at radius 3 is 3.09 bits per heavy atom. The van der Waals surface area contributed by atoms with Gasteiger partial charge in [-0.1, -0.05) is 6.08 Å². The van der Waals surface area contributed by atoms with Gasteiger partial charge in [0.1, 0.15) is 0 Å². The number of carboxylic acid groups (broad SMARTS) is 1. The summed E-state index contributed by atoms with van der Waals surface area (Å²) < 4.78 is 4.92. The van der Waals surface area contributed by atoms with Gasteiger partial charge in [0.25, 0.3) is 0 Å². The van der Waals surface area contributed by atoms with Crippen molar-refractivity contribution in [2.24, 2.45) is 5.92 Å². The highest BCUT2D eigenvalue weighted by Gasteiger charge is 2.19. The first-order valence-corrected chi connectivity index (χ1v) is 3.67. The minimum atomic E-state index is -0.788. The molecule has 0 saturated carbocycles. The summed E-state index contributed by atoms with van der Waals surface area (Å²) in [5, 5.41) is 8.59. The number of hydrogen-bond acceptors (Lipinski definition) is 2. The van der Waals surface area contributed by atoms with Gasteiger partial charge in [0, 0.05) is 18.6 Å². The van der Waals surface area contributed by atoms with E-state index in [0.717, 1.165) is 6.42 Å². The molecule has 0 fully saturated rings. The summed E-state index contributed by atoms with van der Waals surface area (Å²) in [6, 6.07) is 0. The fourth-order valence-corrected chi connectivity index (χ4v) is 1.32. The quantitative estimate of drug-likeness (QED) is 0.664. The molecular weight excluding hydrogens is 144 g/mol. The molecule has 11 heavy (non-hydrogen) atoms. The molecule has 0 aromatic rings. The molecule has 1 rings (SSSR count). The van der Waals surface area contributed by atoms with Crippen LogP contribution in [0.4, 0.5) is 0 Å². The maximum Gasteiger partial charge on any atom is 0.331 e. The number of rotatable bonds is 3. The summed E-state index contributed by atoms with van der Waals surface area (Å²) in [6.07, 6.45) is 3.39. The molecule has 0 amide bonds. The van der Waals surface area contributed by atoms with E-state index < -0.39 is 5.97 Å². The van der Waals surface area contributed by atoms with E-state index in [1.54, 1.807) is 13.2 Å². The van der Waals surface area contributed by atoms with Crippen molar-refractivity contribution in [3.8, 4) is 0 Å². The van der Waals surface area contributed by atoms with Crippen molar-refractivity contribution >= 4 is 5.97 Å². The van der Waals surface area contributed by atoms with Crippen LogP contribution in [0.3, 0.4) is 0 Å². The van der Waals surface area contributed by atoms with Gasteiger partial charge in [-0.2, -0.15) is 0 Å². The molecule has 0 heterocycles. The van der Waals surface area contributed by atoms with E-state index in [0.29, 0.717) is 24.5 Å². The summed E-state index contributed by atoms with van der Waals surface area (Å²) in [4.78, 5) is 10.4. The van der Waals surface area contributed by atoms with Gasteiger partial charge < -0.3 is 9.84 Å². The van der Waals surface area contributed by atoms with Crippen LogP contribution >= 0.6 is 0 Å². The molecule has 0 radical (unpaired) electrons. The molecule has 0 aromatic carbocycles. The number of hydrogen-bond donors (Lipinski definition) is 1. The van der Waals surface area contributed by atoms with Crippen molar-refractivity contribution in [2.75, 3.05) is 13.7 Å². The molecule has 62 valence electrons. The summed E-state index contributed by atoms with van der Waals surface area (Å²) in [6.45, 7) is 0.636. The van der Waals surface area contributed by atoms with Crippen LogP contribution in [0.1, 0.15) is 12.8 Å². The van der Waals surface area contributed by atoms with E-state index >= 15 is 0 Å². The van der Waals surface area contributed by atoms with Crippen LogP contribution in [-0.4, -0.2) is 24.8 Å². The molecule has 1 atom stereocenters. The molecule has 0 bridgehead atoms. The molecule has 1 unspecified atom stereocenters. The number of methoxy groups -OCH3 is 1. The molecule has 3 nitrogen and oxygen atoms in total. The Hall–Kier alpha value is -0.830. The molecule has 3 heteroatoms. The number of carbonyl (C=O) groups is 1. The molecular formula is C8H12O3. The second kappa shape index (κ2) is 3.53. The van der Waals surface area contributed by atoms with Crippen molar-refractivity contribution in [3.63, 3.8) is 0 Å². The van der Waals surface area contributed by atoms with Crippen molar-refractivity contribution < 1.29 is 14.6 Å². The van der Waals surface area contributed by atoms with E-state index in [1.807, 2.05) is 0 Å². The molecule has 0 aliphatic heterocycles. The van der Waals surface area contributed by atoms with Gasteiger partial charge in [-0.25, -0.2) is 4.79 Å². The molecule has 0 aromatic heterocycles. The smallest absolute Gasteiger partial charge is 0.331 e. The largest absolute Gasteiger partial charge is 0.478 e. The monoisotopic (exact) mass is 156 g/mol. The van der Waals surface area contributed by atoms with Crippen molar-refractivity contribution in [3.05, 3.63) is 11.6 Å². The Kier molecular flexibility index (Phi) is 2.65. The van der Waals surface area contributed by atoms with Gasteiger partial charge in [-0.05, 0) is 12.8 Å². The average molecular weight is 156 g/mol. The number of aliphatic carboxylic acids is 1. The molecule has 0 spiro atoms. The Balaban J connectivity index is 2.47. The van der Waals surface area contributed by atoms with Gasteiger partial charge in [-0.15, -0.1) is 0 Å². The lowest BCUT2D eigenvalue weighted by atomic mass is 10.1. The Morgan fingerprint density at radius 2 is 2.64 bits per heavy atom. The standard InChI is InChI=1S/C8H12O3/c1-11-5-6-2-3-7(4-6)8(9)10/h4,6H,2-3,5H2,1H3,(H,9,10). The fraction of sp³-hybridized carbons (Fsp3) is 0.625. The van der Waals surface area contributed by atoms with E-state index in [1.165, 1.54) is 0 Å². The van der Waals surface area contributed by atoms with Gasteiger partial charge in [0.2, 0.25) is 0 Å². The van der Waals surface area contributed by atoms with Crippen LogP contribution in [0.25, 0.3) is 0 Å². The second-order valence-electron chi connectivity index (χ2n) is 2.75. The third kappa shape index (κ3) is 2.05. The highest BCUT2D eigenvalue weighted by molar-refractivity contribution is 5.87. The molecule has 0 saturated heterocycles. The second-order valence-corrected chi connectivity index (χ2v) is 2.75. The lowest BCUT2D eigenvalue weighted by molar-refractivity contribution is -0.132. The molecule has 1 N–H and O–H groups in total. The van der Waals surface area contributed by atoms with Crippen molar-refractivity contribution in [2.45, 2.75) is 12.8 Å². The maximum absolute atomic E-state index is 10.4. The predicted molar refractivity (Wildman–Crippen MR) is 40.3 cm³/mol. The van der Waals surface area contributed by atoms with E-state index in [4.69, 9.17) is 9.84 Å². The van der Waals surface area contributed by atoms with Crippen LogP contribution in [0.5, 0.6) is 0 Å². The summed E-state index contributed by atoms with van der Waals surface area (Å²) >= 11 is 0. The van der Waals surface area contributed by atoms with Crippen LogP contribution in [0, 0.1) is 5.92 Å². The topological polar surface area (TPSA) is 46.5 Å². The van der Waals surface area contributed by atoms with E-state index in [-0.39, 0.29) is 0 Å². The summed E-state index contributed by atoms with van der Waals surface area (Å²) in [5.41, 5.74) is 0.534. The summed E-state index contributed by atoms with van der Waals surface area (Å²) in [7, 11) is 1.63. The van der Waals surface area contributed by atoms with Crippen LogP contribution in [0.15, 0.2) is 11.6 Å². The lowest BCUT2D eigenvalue weighted by Crippen LogP contribution is -2.00. The number of carboxylic acids is 1. The number of ether oxygens (including phenoxy) is 1. The normalized spacial score (nSPS) is 23.4. The minimum Gasteiger partial charge on any atom is -0.478 e. The zero-order chi connectivity index (χ0) is 8.27. The minimum absolute atomic E-state index is 0.311. The zero-order valence-electron chi connectivity index (χ0n) is 6.54. The first-order chi connectivity index (χ1) is 5.24. The van der Waals surface area contributed by atoms with Gasteiger partial charge in [0.05, 0.1) is 6.61 Å². The Bertz CT molecular complexity index is 184. The fourth-order valence-electron chi connectivity index (χ4n) is 1.32. The highest BCUT2D eigenvalue weighted by atomic mass is 16.5. The summed E-state index contributed by atoms with van der Waals surface area (Å²) in [5.74, 6) is -0.477. The van der Waals surface area contributed by atoms with Crippen LogP contribution in [-0.2, 0) is 9.53 Å². The zero-order valence-corrected chi connectivity index (χ0v) is 6.54. The van der Waals surface area contributed by atoms with Gasteiger partial charge in [-0.3, -0.25) is 0 Å². The average Bonchev–Trinajstić information content (AvgIpc) is 2.37. The van der Waals surface area contributed by atoms with Gasteiger partial charge >= 0.3 is 5.97 Å². The third-order valence-electron chi connectivity index (χ3n) is 1.88.